The maximum absolute atomic E-state index is 12.9. The first-order valence-corrected chi connectivity index (χ1v) is 10.5. The first kappa shape index (κ1) is 19.5. The van der Waals surface area contributed by atoms with Crippen LogP contribution in [0, 0.1) is 0 Å². The van der Waals surface area contributed by atoms with E-state index in [0.717, 1.165) is 17.4 Å². The zero-order valence-corrected chi connectivity index (χ0v) is 15.5. The summed E-state index contributed by atoms with van der Waals surface area (Å²) in [6, 6.07) is 19.8. The van der Waals surface area contributed by atoms with E-state index in [2.05, 4.69) is 0 Å². The Morgan fingerprint density at radius 3 is 1.85 bits per heavy atom. The van der Waals surface area contributed by atoms with Crippen LogP contribution >= 0.6 is 7.92 Å². The second-order valence-electron chi connectivity index (χ2n) is 5.69. The van der Waals surface area contributed by atoms with E-state index < -0.39 is 29.8 Å². The number of rotatable bonds is 4. The molecule has 0 heterocycles. The van der Waals surface area contributed by atoms with Gasteiger partial charge in [-0.3, -0.25) is 4.55 Å². The second-order valence-corrected chi connectivity index (χ2v) is 9.33. The molecule has 3 nitrogen and oxygen atoms in total. The highest BCUT2D eigenvalue weighted by Crippen LogP contribution is 2.35. The lowest BCUT2D eigenvalue weighted by Crippen LogP contribution is -2.21. The number of hydrogen-bond acceptors (Lipinski definition) is 2. The van der Waals surface area contributed by atoms with Gasteiger partial charge >= 0.3 is 6.18 Å². The number of benzene rings is 3. The smallest absolute Gasteiger partial charge is 0.282 e. The molecular formula is C19H14F3O3PS. The van der Waals surface area contributed by atoms with E-state index in [1.807, 2.05) is 18.2 Å². The zero-order valence-electron chi connectivity index (χ0n) is 13.8. The van der Waals surface area contributed by atoms with Gasteiger partial charge in [-0.05, 0) is 48.1 Å². The molecule has 0 aromatic heterocycles. The lowest BCUT2D eigenvalue weighted by molar-refractivity contribution is -0.137. The second kappa shape index (κ2) is 7.43. The summed E-state index contributed by atoms with van der Waals surface area (Å²) in [5, 5.41) is 2.09. The number of hydrogen-bond donors (Lipinski definition) is 1. The van der Waals surface area contributed by atoms with Crippen molar-refractivity contribution in [1.82, 2.24) is 0 Å². The van der Waals surface area contributed by atoms with Crippen molar-refractivity contribution in [3.8, 4) is 0 Å². The predicted octanol–water partition coefficient (Wildman–Crippen LogP) is 3.71. The minimum atomic E-state index is -4.43. The highest BCUT2D eigenvalue weighted by molar-refractivity contribution is 7.86. The summed E-state index contributed by atoms with van der Waals surface area (Å²) in [6.45, 7) is 0. The SMILES string of the molecule is O=S(=O)(O)c1cccc(P(c2ccccc2)c2ccc(C(F)(F)F)cc2)c1. The van der Waals surface area contributed by atoms with Crippen LogP contribution in [0.2, 0.25) is 0 Å². The third-order valence-electron chi connectivity index (χ3n) is 3.84. The molecule has 27 heavy (non-hydrogen) atoms. The molecule has 0 spiro atoms. The van der Waals surface area contributed by atoms with Gasteiger partial charge in [0.1, 0.15) is 0 Å². The maximum Gasteiger partial charge on any atom is 0.416 e. The quantitative estimate of drug-likeness (QED) is 0.527. The molecule has 0 bridgehead atoms. The highest BCUT2D eigenvalue weighted by atomic mass is 32.2. The summed E-state index contributed by atoms with van der Waals surface area (Å²) >= 11 is 0. The molecule has 1 N–H and O–H groups in total. The maximum atomic E-state index is 12.9. The normalized spacial score (nSPS) is 13.3. The molecule has 0 saturated heterocycles. The van der Waals surface area contributed by atoms with E-state index >= 15 is 0 Å². The molecule has 0 amide bonds. The van der Waals surface area contributed by atoms with E-state index in [1.54, 1.807) is 18.2 Å². The van der Waals surface area contributed by atoms with E-state index in [-0.39, 0.29) is 4.90 Å². The summed E-state index contributed by atoms with van der Waals surface area (Å²) < 4.78 is 70.8. The van der Waals surface area contributed by atoms with Crippen molar-refractivity contribution in [2.45, 2.75) is 11.1 Å². The van der Waals surface area contributed by atoms with Gasteiger partial charge in [-0.1, -0.05) is 54.6 Å². The lowest BCUT2D eigenvalue weighted by Gasteiger charge is -2.20. The Morgan fingerprint density at radius 2 is 1.30 bits per heavy atom. The summed E-state index contributed by atoms with van der Waals surface area (Å²) in [7, 11) is -5.69. The molecule has 140 valence electrons. The fraction of sp³-hybridized carbons (Fsp3) is 0.0526. The molecule has 3 aromatic rings. The third kappa shape index (κ3) is 4.56. The van der Waals surface area contributed by atoms with Crippen molar-refractivity contribution in [2.24, 2.45) is 0 Å². The summed E-state index contributed by atoms with van der Waals surface area (Å²) in [5.74, 6) is 0. The monoisotopic (exact) mass is 410 g/mol. The average molecular weight is 410 g/mol. The first-order chi connectivity index (χ1) is 12.7. The van der Waals surface area contributed by atoms with Crippen molar-refractivity contribution in [1.29, 1.82) is 0 Å². The topological polar surface area (TPSA) is 54.4 Å². The summed E-state index contributed by atoms with van der Waals surface area (Å²) in [4.78, 5) is -0.254. The van der Waals surface area contributed by atoms with Gasteiger partial charge < -0.3 is 0 Å². The van der Waals surface area contributed by atoms with Crippen LogP contribution in [0.4, 0.5) is 13.2 Å². The van der Waals surface area contributed by atoms with Crippen molar-refractivity contribution in [3.63, 3.8) is 0 Å². The van der Waals surface area contributed by atoms with Gasteiger partial charge in [0.2, 0.25) is 0 Å². The van der Waals surface area contributed by atoms with Crippen LogP contribution in [0.5, 0.6) is 0 Å². The van der Waals surface area contributed by atoms with Gasteiger partial charge in [0, 0.05) is 0 Å². The fourth-order valence-corrected chi connectivity index (χ4v) is 5.54. The van der Waals surface area contributed by atoms with Gasteiger partial charge in [-0.15, -0.1) is 0 Å². The lowest BCUT2D eigenvalue weighted by atomic mass is 10.2. The molecule has 1 unspecified atom stereocenters. The minimum Gasteiger partial charge on any atom is -0.282 e. The largest absolute Gasteiger partial charge is 0.416 e. The van der Waals surface area contributed by atoms with Crippen molar-refractivity contribution < 1.29 is 26.1 Å². The van der Waals surface area contributed by atoms with Crippen LogP contribution in [-0.4, -0.2) is 13.0 Å². The molecule has 0 fully saturated rings. The van der Waals surface area contributed by atoms with Crippen LogP contribution in [0.3, 0.4) is 0 Å². The predicted molar refractivity (Wildman–Crippen MR) is 100.0 cm³/mol. The van der Waals surface area contributed by atoms with Crippen LogP contribution in [-0.2, 0) is 16.3 Å². The fourth-order valence-electron chi connectivity index (χ4n) is 2.61. The van der Waals surface area contributed by atoms with Gasteiger partial charge in [-0.2, -0.15) is 21.6 Å². The first-order valence-electron chi connectivity index (χ1n) is 7.76. The minimum absolute atomic E-state index is 0.254. The van der Waals surface area contributed by atoms with Gasteiger partial charge in [0.25, 0.3) is 10.1 Å². The van der Waals surface area contributed by atoms with Crippen molar-refractivity contribution >= 4 is 34.0 Å². The molecule has 3 aromatic carbocycles. The Kier molecular flexibility index (Phi) is 5.38. The molecule has 0 radical (unpaired) electrons. The number of halogens is 3. The molecule has 3 rings (SSSR count). The molecule has 0 aliphatic heterocycles. The molecular weight excluding hydrogens is 396 g/mol. The van der Waals surface area contributed by atoms with Gasteiger partial charge in [0.15, 0.2) is 0 Å². The standard InChI is InChI=1S/C19H14F3O3PS/c20-19(21,22)14-9-11-16(12-10-14)26(15-5-2-1-3-6-15)17-7-4-8-18(13-17)27(23,24)25/h1-13H,(H,23,24,25). The van der Waals surface area contributed by atoms with E-state index in [1.165, 1.54) is 30.3 Å². The molecule has 1 atom stereocenters. The van der Waals surface area contributed by atoms with Crippen molar-refractivity contribution in [3.05, 3.63) is 84.4 Å². The number of alkyl halides is 3. The van der Waals surface area contributed by atoms with E-state index in [9.17, 15) is 26.1 Å². The van der Waals surface area contributed by atoms with Crippen LogP contribution < -0.4 is 15.9 Å². The van der Waals surface area contributed by atoms with E-state index in [4.69, 9.17) is 0 Å². The van der Waals surface area contributed by atoms with Crippen molar-refractivity contribution in [2.75, 3.05) is 0 Å². The Morgan fingerprint density at radius 1 is 0.741 bits per heavy atom. The Labute approximate surface area is 156 Å². The molecule has 8 heteroatoms. The summed E-state index contributed by atoms with van der Waals surface area (Å²) in [5.41, 5.74) is -0.749. The van der Waals surface area contributed by atoms with E-state index in [0.29, 0.717) is 10.6 Å². The Balaban J connectivity index is 2.14. The van der Waals surface area contributed by atoms with Gasteiger partial charge in [0.05, 0.1) is 10.5 Å². The van der Waals surface area contributed by atoms with Crippen LogP contribution in [0.1, 0.15) is 5.56 Å². The average Bonchev–Trinajstić information content (AvgIpc) is 2.62. The zero-order chi connectivity index (χ0) is 19.7. The Bertz CT molecular complexity index is 1030. The highest BCUT2D eigenvalue weighted by Gasteiger charge is 2.30. The molecule has 0 aliphatic rings. The van der Waals surface area contributed by atoms with Gasteiger partial charge in [-0.25, -0.2) is 0 Å². The Hall–Kier alpha value is -2.21. The molecule has 0 saturated carbocycles. The third-order valence-corrected chi connectivity index (χ3v) is 7.11. The summed E-state index contributed by atoms with van der Waals surface area (Å²) in [6.07, 6.45) is -4.43. The van der Waals surface area contributed by atoms with Crippen LogP contribution in [0.15, 0.2) is 83.8 Å². The molecule has 0 aliphatic carbocycles. The van der Waals surface area contributed by atoms with Crippen LogP contribution in [0.25, 0.3) is 0 Å².